The molecule has 6 atom stereocenters. The van der Waals surface area contributed by atoms with Crippen molar-refractivity contribution in [1.29, 1.82) is 0 Å². The first-order valence-corrected chi connectivity index (χ1v) is 12.3. The van der Waals surface area contributed by atoms with Crippen LogP contribution in [0.1, 0.15) is 26.5 Å². The average Bonchev–Trinajstić information content (AvgIpc) is 2.94. The highest BCUT2D eigenvalue weighted by atomic mass is 32.5. The summed E-state index contributed by atoms with van der Waals surface area (Å²) in [7, 11) is 1.44. The zero-order valence-electron chi connectivity index (χ0n) is 16.6. The van der Waals surface area contributed by atoms with Gasteiger partial charge in [-0.1, -0.05) is 12.2 Å². The SMILES string of the molecule is CCOP(=S)(OCC)[C@@H]1C=C[C@H]1C[C@H]1O[C@@H](n2ccc(=O)[nH]c2=O)C(OC)C1O. The second-order valence-electron chi connectivity index (χ2n) is 6.92. The molecule has 1 saturated heterocycles. The maximum absolute atomic E-state index is 12.2. The molecular weight excluding hydrogens is 419 g/mol. The number of H-pyrrole nitrogens is 1. The molecule has 3 rings (SSSR count). The summed E-state index contributed by atoms with van der Waals surface area (Å²) >= 11 is 5.70. The maximum atomic E-state index is 12.2. The number of hydrogen-bond acceptors (Lipinski definition) is 8. The number of aliphatic hydroxyl groups excluding tert-OH is 1. The molecule has 1 aromatic rings. The molecule has 9 nitrogen and oxygen atoms in total. The van der Waals surface area contributed by atoms with Crippen molar-refractivity contribution in [2.45, 2.75) is 50.5 Å². The van der Waals surface area contributed by atoms with Crippen molar-refractivity contribution in [2.75, 3.05) is 20.3 Å². The van der Waals surface area contributed by atoms with Crippen LogP contribution in [-0.2, 0) is 30.3 Å². The van der Waals surface area contributed by atoms with Gasteiger partial charge in [-0.05, 0) is 38.0 Å². The van der Waals surface area contributed by atoms with Crippen molar-refractivity contribution >= 4 is 18.3 Å². The lowest BCUT2D eigenvalue weighted by Crippen LogP contribution is -2.39. The summed E-state index contributed by atoms with van der Waals surface area (Å²) in [5.74, 6) is 0.0298. The van der Waals surface area contributed by atoms with Crippen LogP contribution in [0.3, 0.4) is 0 Å². The molecule has 1 aliphatic carbocycles. The lowest BCUT2D eigenvalue weighted by molar-refractivity contribution is -0.0565. The Morgan fingerprint density at radius 2 is 1.97 bits per heavy atom. The smallest absolute Gasteiger partial charge is 0.330 e. The second-order valence-corrected chi connectivity index (χ2v) is 10.6. The Kier molecular flexibility index (Phi) is 7.27. The molecule has 2 N–H and O–H groups in total. The van der Waals surface area contributed by atoms with Crippen molar-refractivity contribution in [3.8, 4) is 0 Å². The molecule has 0 radical (unpaired) electrons. The Morgan fingerprint density at radius 3 is 2.48 bits per heavy atom. The number of nitrogens with zero attached hydrogens (tertiary/aromatic N) is 1. The third kappa shape index (κ3) is 4.49. The zero-order chi connectivity index (χ0) is 21.2. The van der Waals surface area contributed by atoms with Gasteiger partial charge in [0.05, 0.1) is 25.0 Å². The van der Waals surface area contributed by atoms with Crippen LogP contribution in [0.25, 0.3) is 0 Å². The van der Waals surface area contributed by atoms with Gasteiger partial charge in [-0.3, -0.25) is 14.3 Å². The molecular formula is C18H27N2O7PS. The highest BCUT2D eigenvalue weighted by Gasteiger charge is 2.48. The number of aromatic amines is 1. The first-order chi connectivity index (χ1) is 13.8. The van der Waals surface area contributed by atoms with Gasteiger partial charge in [0.1, 0.15) is 12.2 Å². The van der Waals surface area contributed by atoms with Crippen LogP contribution in [0.15, 0.2) is 34.0 Å². The molecule has 1 aromatic heterocycles. The fourth-order valence-corrected chi connectivity index (χ4v) is 7.23. The van der Waals surface area contributed by atoms with Gasteiger partial charge in [0.2, 0.25) is 0 Å². The van der Waals surface area contributed by atoms with Gasteiger partial charge in [0, 0.05) is 19.4 Å². The van der Waals surface area contributed by atoms with E-state index in [-0.39, 0.29) is 11.6 Å². The number of aliphatic hydroxyl groups is 1. The number of hydrogen-bond donors (Lipinski definition) is 2. The van der Waals surface area contributed by atoms with Crippen LogP contribution in [0.5, 0.6) is 0 Å². The van der Waals surface area contributed by atoms with E-state index in [2.05, 4.69) is 4.98 Å². The quantitative estimate of drug-likeness (QED) is 0.429. The number of ether oxygens (including phenoxy) is 2. The summed E-state index contributed by atoms with van der Waals surface area (Å²) in [4.78, 5) is 25.7. The van der Waals surface area contributed by atoms with E-state index in [0.29, 0.717) is 19.6 Å². The number of methoxy groups -OCH3 is 1. The van der Waals surface area contributed by atoms with Crippen LogP contribution in [-0.4, -0.2) is 59.0 Å². The number of aromatic nitrogens is 2. The van der Waals surface area contributed by atoms with E-state index in [1.807, 2.05) is 26.0 Å². The van der Waals surface area contributed by atoms with E-state index in [4.69, 9.17) is 30.3 Å². The monoisotopic (exact) mass is 446 g/mol. The molecule has 0 amide bonds. The fraction of sp³-hybridized carbons (Fsp3) is 0.667. The molecule has 2 unspecified atom stereocenters. The summed E-state index contributed by atoms with van der Waals surface area (Å²) < 4.78 is 24.2. The van der Waals surface area contributed by atoms with Crippen molar-refractivity contribution in [3.63, 3.8) is 0 Å². The Bertz CT molecular complexity index is 891. The number of allylic oxidation sites excluding steroid dienone is 2. The minimum Gasteiger partial charge on any atom is -0.388 e. The van der Waals surface area contributed by atoms with Gasteiger partial charge in [0.25, 0.3) is 5.56 Å². The van der Waals surface area contributed by atoms with Crippen LogP contribution in [0, 0.1) is 5.92 Å². The molecule has 1 aliphatic heterocycles. The van der Waals surface area contributed by atoms with E-state index in [9.17, 15) is 14.7 Å². The summed E-state index contributed by atoms with van der Waals surface area (Å²) in [5, 5.41) is 10.7. The predicted molar refractivity (Wildman–Crippen MR) is 111 cm³/mol. The maximum Gasteiger partial charge on any atom is 0.330 e. The van der Waals surface area contributed by atoms with Gasteiger partial charge in [-0.25, -0.2) is 4.79 Å². The van der Waals surface area contributed by atoms with Gasteiger partial charge in [-0.15, -0.1) is 0 Å². The molecule has 162 valence electrons. The lowest BCUT2D eigenvalue weighted by atomic mass is 9.87. The number of nitrogens with one attached hydrogen (secondary N) is 1. The minimum atomic E-state index is -2.48. The minimum absolute atomic E-state index is 0.0298. The third-order valence-electron chi connectivity index (χ3n) is 5.19. The zero-order valence-corrected chi connectivity index (χ0v) is 18.3. The van der Waals surface area contributed by atoms with Crippen molar-refractivity contribution in [3.05, 3.63) is 45.3 Å². The Balaban J connectivity index is 1.76. The molecule has 0 bridgehead atoms. The van der Waals surface area contributed by atoms with E-state index in [0.717, 1.165) is 0 Å². The van der Waals surface area contributed by atoms with E-state index < -0.39 is 42.3 Å². The topological polar surface area (TPSA) is 112 Å². The van der Waals surface area contributed by atoms with Crippen LogP contribution < -0.4 is 11.2 Å². The first-order valence-electron chi connectivity index (χ1n) is 9.59. The van der Waals surface area contributed by atoms with E-state index >= 15 is 0 Å². The largest absolute Gasteiger partial charge is 0.388 e. The van der Waals surface area contributed by atoms with Crippen molar-refractivity contribution < 1.29 is 23.6 Å². The van der Waals surface area contributed by atoms with Gasteiger partial charge in [0.15, 0.2) is 12.7 Å². The average molecular weight is 446 g/mol. The van der Waals surface area contributed by atoms with E-state index in [1.54, 1.807) is 0 Å². The Labute approximate surface area is 173 Å². The van der Waals surface area contributed by atoms with Crippen LogP contribution in [0.4, 0.5) is 0 Å². The highest BCUT2D eigenvalue weighted by Crippen LogP contribution is 2.60. The molecule has 2 aliphatic rings. The Hall–Kier alpha value is -1.13. The summed E-state index contributed by atoms with van der Waals surface area (Å²) in [5.41, 5.74) is -1.18. The predicted octanol–water partition coefficient (Wildman–Crippen LogP) is 1.14. The first kappa shape index (κ1) is 22.6. The van der Waals surface area contributed by atoms with Crippen molar-refractivity contribution in [2.24, 2.45) is 5.92 Å². The second kappa shape index (κ2) is 9.34. The van der Waals surface area contributed by atoms with Crippen LogP contribution in [0.2, 0.25) is 0 Å². The van der Waals surface area contributed by atoms with Gasteiger partial charge < -0.3 is 23.6 Å². The van der Waals surface area contributed by atoms with Crippen molar-refractivity contribution in [1.82, 2.24) is 9.55 Å². The standard InChI is InChI=1S/C18H27N2O7PS/c1-4-25-28(29,26-5-2)13-7-6-11(13)10-12-15(22)16(24-3)17(27-12)20-9-8-14(21)19-18(20)23/h6-9,11-13,15-17,22H,4-5,10H2,1-3H3,(H,19,21,23)/t11-,12+,13+,15?,16?,17+/m0/s1. The molecule has 2 heterocycles. The lowest BCUT2D eigenvalue weighted by Gasteiger charge is -2.38. The summed E-state index contributed by atoms with van der Waals surface area (Å²) in [6, 6.07) is 1.22. The van der Waals surface area contributed by atoms with E-state index in [1.165, 1.54) is 23.9 Å². The molecule has 29 heavy (non-hydrogen) atoms. The normalized spacial score (nSPS) is 31.7. The number of rotatable bonds is 9. The third-order valence-corrected chi connectivity index (χ3v) is 9.08. The Morgan fingerprint density at radius 1 is 1.28 bits per heavy atom. The fourth-order valence-electron chi connectivity index (χ4n) is 3.78. The molecule has 11 heteroatoms. The van der Waals surface area contributed by atoms with Gasteiger partial charge in [-0.2, -0.15) is 0 Å². The highest BCUT2D eigenvalue weighted by molar-refractivity contribution is 8.10. The molecule has 1 fully saturated rings. The molecule has 0 aromatic carbocycles. The molecule has 0 spiro atoms. The van der Waals surface area contributed by atoms with Gasteiger partial charge >= 0.3 is 5.69 Å². The van der Waals surface area contributed by atoms with Crippen LogP contribution >= 0.6 is 6.49 Å². The summed E-state index contributed by atoms with van der Waals surface area (Å²) in [6.45, 7) is 2.23. The summed E-state index contributed by atoms with van der Waals surface area (Å²) in [6.07, 6.45) is 2.69. The molecule has 0 saturated carbocycles.